The number of piperidine rings is 1. The highest BCUT2D eigenvalue weighted by Crippen LogP contribution is 2.20. The molecule has 0 spiro atoms. The Hall–Kier alpha value is -1.43. The molecule has 122 valence electrons. The Morgan fingerprint density at radius 3 is 2.86 bits per heavy atom. The lowest BCUT2D eigenvalue weighted by Crippen LogP contribution is -2.45. The molecule has 1 atom stereocenters. The van der Waals surface area contributed by atoms with Crippen molar-refractivity contribution in [3.63, 3.8) is 0 Å². The van der Waals surface area contributed by atoms with Crippen LogP contribution in [0.1, 0.15) is 48.7 Å². The van der Waals surface area contributed by atoms with Crippen molar-refractivity contribution < 1.29 is 9.59 Å². The molecule has 1 N–H and O–H groups in total. The van der Waals surface area contributed by atoms with Crippen LogP contribution in [0.3, 0.4) is 0 Å². The molecule has 1 fully saturated rings. The van der Waals surface area contributed by atoms with Crippen LogP contribution < -0.4 is 5.32 Å². The molecule has 2 amide bonds. The highest BCUT2D eigenvalue weighted by molar-refractivity contribution is 7.11. The molecule has 1 saturated heterocycles. The number of carbonyl (C=O) groups excluding carboxylic acids is 2. The predicted molar refractivity (Wildman–Crippen MR) is 87.7 cm³/mol. The Labute approximate surface area is 136 Å². The van der Waals surface area contributed by atoms with Gasteiger partial charge in [-0.1, -0.05) is 13.8 Å². The third-order valence-corrected chi connectivity index (χ3v) is 5.10. The number of hydrogen-bond acceptors (Lipinski definition) is 4. The first-order chi connectivity index (χ1) is 10.5. The van der Waals surface area contributed by atoms with Crippen LogP contribution >= 0.6 is 11.3 Å². The third-order valence-electron chi connectivity index (χ3n) is 4.09. The van der Waals surface area contributed by atoms with Crippen LogP contribution in [0.2, 0.25) is 0 Å². The van der Waals surface area contributed by atoms with E-state index in [1.54, 1.807) is 11.3 Å². The van der Waals surface area contributed by atoms with Gasteiger partial charge in [0.25, 0.3) is 0 Å². The summed E-state index contributed by atoms with van der Waals surface area (Å²) in [6.45, 7) is 7.82. The topological polar surface area (TPSA) is 62.3 Å². The summed E-state index contributed by atoms with van der Waals surface area (Å²) in [5, 5.41) is 4.07. The van der Waals surface area contributed by atoms with Crippen LogP contribution in [0.4, 0.5) is 0 Å². The quantitative estimate of drug-likeness (QED) is 0.904. The summed E-state index contributed by atoms with van der Waals surface area (Å²) in [7, 11) is 0. The van der Waals surface area contributed by atoms with Crippen LogP contribution in [0, 0.1) is 12.8 Å². The molecule has 5 nitrogen and oxygen atoms in total. The number of nitrogens with zero attached hydrogens (tertiary/aromatic N) is 2. The van der Waals surface area contributed by atoms with Gasteiger partial charge >= 0.3 is 0 Å². The van der Waals surface area contributed by atoms with Gasteiger partial charge in [0.05, 0.1) is 23.2 Å². The number of carbonyl (C=O) groups is 2. The monoisotopic (exact) mass is 323 g/mol. The van der Waals surface area contributed by atoms with Crippen molar-refractivity contribution in [2.75, 3.05) is 13.1 Å². The summed E-state index contributed by atoms with van der Waals surface area (Å²) < 4.78 is 0. The maximum atomic E-state index is 12.4. The first-order valence-electron chi connectivity index (χ1n) is 8.05. The van der Waals surface area contributed by atoms with E-state index in [9.17, 15) is 9.59 Å². The summed E-state index contributed by atoms with van der Waals surface area (Å²) in [5.74, 6) is 0.119. The van der Waals surface area contributed by atoms with Crippen LogP contribution in [0.25, 0.3) is 0 Å². The van der Waals surface area contributed by atoms with E-state index in [0.29, 0.717) is 19.5 Å². The Morgan fingerprint density at radius 2 is 2.18 bits per heavy atom. The summed E-state index contributed by atoms with van der Waals surface area (Å²) >= 11 is 1.65. The minimum absolute atomic E-state index is 0.0571. The van der Waals surface area contributed by atoms with Gasteiger partial charge in [0.2, 0.25) is 11.8 Å². The van der Waals surface area contributed by atoms with E-state index < -0.39 is 0 Å². The molecule has 0 unspecified atom stereocenters. The van der Waals surface area contributed by atoms with Crippen molar-refractivity contribution in [1.29, 1.82) is 0 Å². The second-order valence-electron chi connectivity index (χ2n) is 5.71. The third kappa shape index (κ3) is 4.06. The Morgan fingerprint density at radius 1 is 1.41 bits per heavy atom. The molecule has 2 rings (SSSR count). The van der Waals surface area contributed by atoms with E-state index >= 15 is 0 Å². The largest absolute Gasteiger partial charge is 0.351 e. The summed E-state index contributed by atoms with van der Waals surface area (Å²) in [6.07, 6.45) is 3.16. The smallest absolute Gasteiger partial charge is 0.225 e. The normalized spacial score (nSPS) is 18.3. The molecule has 0 bridgehead atoms. The molecule has 6 heteroatoms. The molecule has 0 saturated carbocycles. The Kier molecular flexibility index (Phi) is 5.94. The molecule has 2 heterocycles. The number of aromatic nitrogens is 1. The van der Waals surface area contributed by atoms with Crippen LogP contribution in [-0.4, -0.2) is 34.8 Å². The van der Waals surface area contributed by atoms with E-state index in [0.717, 1.165) is 41.4 Å². The zero-order chi connectivity index (χ0) is 16.1. The van der Waals surface area contributed by atoms with Gasteiger partial charge in [-0.3, -0.25) is 9.59 Å². The molecule has 0 aliphatic carbocycles. The van der Waals surface area contributed by atoms with Crippen molar-refractivity contribution in [3.8, 4) is 0 Å². The van der Waals surface area contributed by atoms with Crippen molar-refractivity contribution in [1.82, 2.24) is 15.2 Å². The molecular formula is C16H25N3O2S. The highest BCUT2D eigenvalue weighted by atomic mass is 32.1. The average Bonchev–Trinajstić information content (AvgIpc) is 2.91. The maximum absolute atomic E-state index is 12.4. The SMILES string of the molecule is CCC(=O)N1CCC[C@@H](C(=O)NCc2sc(C)nc2CC)C1. The van der Waals surface area contributed by atoms with Crippen LogP contribution in [-0.2, 0) is 22.6 Å². The number of thiazole rings is 1. The number of hydrogen-bond donors (Lipinski definition) is 1. The second kappa shape index (κ2) is 7.72. The number of nitrogens with one attached hydrogen (secondary N) is 1. The van der Waals surface area contributed by atoms with E-state index in [1.807, 2.05) is 18.7 Å². The predicted octanol–water partition coefficient (Wildman–Crippen LogP) is 2.28. The minimum atomic E-state index is -0.0802. The van der Waals surface area contributed by atoms with Gasteiger partial charge in [-0.25, -0.2) is 4.98 Å². The molecule has 1 aliphatic rings. The van der Waals surface area contributed by atoms with Crippen molar-refractivity contribution in [3.05, 3.63) is 15.6 Å². The average molecular weight is 323 g/mol. The zero-order valence-electron chi connectivity index (χ0n) is 13.6. The highest BCUT2D eigenvalue weighted by Gasteiger charge is 2.27. The molecule has 22 heavy (non-hydrogen) atoms. The van der Waals surface area contributed by atoms with Crippen molar-refractivity contribution in [2.24, 2.45) is 5.92 Å². The first-order valence-corrected chi connectivity index (χ1v) is 8.87. The first kappa shape index (κ1) is 16.9. The maximum Gasteiger partial charge on any atom is 0.225 e. The van der Waals surface area contributed by atoms with E-state index in [1.165, 1.54) is 0 Å². The van der Waals surface area contributed by atoms with Gasteiger partial charge in [0, 0.05) is 24.4 Å². The summed E-state index contributed by atoms with van der Waals surface area (Å²) in [5.41, 5.74) is 1.08. The molecule has 1 aromatic rings. The Balaban J connectivity index is 1.90. The molecule has 1 aliphatic heterocycles. The van der Waals surface area contributed by atoms with Crippen molar-refractivity contribution in [2.45, 2.75) is 53.0 Å². The number of amides is 2. The summed E-state index contributed by atoms with van der Waals surface area (Å²) in [4.78, 5) is 31.6. The zero-order valence-corrected chi connectivity index (χ0v) is 14.5. The summed E-state index contributed by atoms with van der Waals surface area (Å²) in [6, 6.07) is 0. The van der Waals surface area contributed by atoms with Gasteiger partial charge in [-0.05, 0) is 26.2 Å². The van der Waals surface area contributed by atoms with Gasteiger partial charge < -0.3 is 10.2 Å². The van der Waals surface area contributed by atoms with E-state index in [4.69, 9.17) is 0 Å². The minimum Gasteiger partial charge on any atom is -0.351 e. The van der Waals surface area contributed by atoms with E-state index in [-0.39, 0.29) is 17.7 Å². The standard InChI is InChI=1S/C16H25N3O2S/c1-4-13-14(22-11(3)18-13)9-17-16(21)12-7-6-8-19(10-12)15(20)5-2/h12H,4-10H2,1-3H3,(H,17,21)/t12-/m1/s1. The fourth-order valence-electron chi connectivity index (χ4n) is 2.88. The molecule has 0 aromatic carbocycles. The molecule has 0 radical (unpaired) electrons. The second-order valence-corrected chi connectivity index (χ2v) is 6.99. The lowest BCUT2D eigenvalue weighted by Gasteiger charge is -2.31. The Bertz CT molecular complexity index is 541. The number of likely N-dealkylation sites (tertiary alicyclic amines) is 1. The van der Waals surface area contributed by atoms with Gasteiger partial charge in [-0.15, -0.1) is 11.3 Å². The van der Waals surface area contributed by atoms with Gasteiger partial charge in [0.15, 0.2) is 0 Å². The fraction of sp³-hybridized carbons (Fsp3) is 0.688. The molecular weight excluding hydrogens is 298 g/mol. The van der Waals surface area contributed by atoms with Gasteiger partial charge in [-0.2, -0.15) is 0 Å². The number of rotatable bonds is 5. The van der Waals surface area contributed by atoms with Crippen LogP contribution in [0.15, 0.2) is 0 Å². The van der Waals surface area contributed by atoms with Gasteiger partial charge in [0.1, 0.15) is 0 Å². The number of aryl methyl sites for hydroxylation is 2. The molecule has 1 aromatic heterocycles. The lowest BCUT2D eigenvalue weighted by atomic mass is 9.97. The van der Waals surface area contributed by atoms with Crippen molar-refractivity contribution >= 4 is 23.2 Å². The van der Waals surface area contributed by atoms with E-state index in [2.05, 4.69) is 17.2 Å². The van der Waals surface area contributed by atoms with Crippen LogP contribution in [0.5, 0.6) is 0 Å². The fourth-order valence-corrected chi connectivity index (χ4v) is 3.84. The lowest BCUT2D eigenvalue weighted by molar-refractivity contribution is -0.135.